The summed E-state index contributed by atoms with van der Waals surface area (Å²) in [4.78, 5) is 12.4. The molecule has 3 aromatic rings. The Morgan fingerprint density at radius 3 is 2.44 bits per heavy atom. The van der Waals surface area contributed by atoms with Crippen LogP contribution in [0.4, 0.5) is 5.69 Å². The van der Waals surface area contributed by atoms with E-state index in [-0.39, 0.29) is 5.91 Å². The van der Waals surface area contributed by atoms with Gasteiger partial charge in [-0.25, -0.2) is 0 Å². The number of carbonyl (C=O) groups excluding carboxylic acids is 1. The van der Waals surface area contributed by atoms with Crippen molar-refractivity contribution in [1.29, 1.82) is 0 Å². The fourth-order valence-corrected chi connectivity index (χ4v) is 3.76. The smallest absolute Gasteiger partial charge is 0.234 e. The quantitative estimate of drug-likeness (QED) is 0.604. The van der Waals surface area contributed by atoms with Gasteiger partial charge in [-0.2, -0.15) is 0 Å². The first-order chi connectivity index (χ1) is 13.1. The van der Waals surface area contributed by atoms with Gasteiger partial charge >= 0.3 is 0 Å². The van der Waals surface area contributed by atoms with Gasteiger partial charge in [-0.3, -0.25) is 4.79 Å². The Morgan fingerprint density at radius 2 is 1.78 bits per heavy atom. The van der Waals surface area contributed by atoms with Gasteiger partial charge in [-0.05, 0) is 43.5 Å². The van der Waals surface area contributed by atoms with Crippen molar-refractivity contribution < 1.29 is 4.79 Å². The van der Waals surface area contributed by atoms with E-state index in [1.165, 1.54) is 11.8 Å². The number of aromatic nitrogens is 3. The minimum Gasteiger partial charge on any atom is -0.325 e. The third kappa shape index (κ3) is 4.98. The summed E-state index contributed by atoms with van der Waals surface area (Å²) in [5.41, 5.74) is 4.13. The number of nitrogens with one attached hydrogen (secondary N) is 1. The molecule has 0 radical (unpaired) electrons. The Balaban J connectivity index is 1.70. The number of carbonyl (C=O) groups is 1. The second kappa shape index (κ2) is 8.86. The first-order valence-electron chi connectivity index (χ1n) is 9.06. The molecule has 6 heteroatoms. The molecular formula is C21H24N4OS. The highest BCUT2D eigenvalue weighted by atomic mass is 32.2. The van der Waals surface area contributed by atoms with Crippen molar-refractivity contribution >= 4 is 23.4 Å². The zero-order valence-corrected chi connectivity index (χ0v) is 16.7. The predicted molar refractivity (Wildman–Crippen MR) is 111 cm³/mol. The molecule has 27 heavy (non-hydrogen) atoms. The van der Waals surface area contributed by atoms with Gasteiger partial charge in [0, 0.05) is 17.8 Å². The fourth-order valence-electron chi connectivity index (χ4n) is 3.00. The molecule has 0 atom stereocenters. The Bertz CT molecular complexity index is 901. The van der Waals surface area contributed by atoms with Gasteiger partial charge in [0.15, 0.2) is 11.0 Å². The molecule has 2 aromatic carbocycles. The standard InChI is InChI=1S/C21H24N4OS/c1-4-10-25-20(17-8-6-5-7-9-17)23-24-21(25)27-14-19(26)22-18-12-15(2)11-16(3)13-18/h5-9,11-13H,4,10,14H2,1-3H3,(H,22,26). The Labute approximate surface area is 164 Å². The first-order valence-corrected chi connectivity index (χ1v) is 10.0. The molecule has 0 saturated heterocycles. The van der Waals surface area contributed by atoms with Gasteiger partial charge in [0.05, 0.1) is 5.75 Å². The molecule has 0 aliphatic carbocycles. The average molecular weight is 381 g/mol. The number of aryl methyl sites for hydroxylation is 2. The molecule has 0 saturated carbocycles. The van der Waals surface area contributed by atoms with E-state index >= 15 is 0 Å². The lowest BCUT2D eigenvalue weighted by Gasteiger charge is -2.10. The van der Waals surface area contributed by atoms with E-state index in [2.05, 4.69) is 33.1 Å². The number of benzene rings is 2. The number of rotatable bonds is 7. The maximum Gasteiger partial charge on any atom is 0.234 e. The maximum atomic E-state index is 12.4. The van der Waals surface area contributed by atoms with E-state index in [0.717, 1.165) is 46.3 Å². The number of nitrogens with zero attached hydrogens (tertiary/aromatic N) is 3. The summed E-state index contributed by atoms with van der Waals surface area (Å²) in [6, 6.07) is 16.1. The fraction of sp³-hybridized carbons (Fsp3) is 0.286. The van der Waals surface area contributed by atoms with E-state index in [0.29, 0.717) is 5.75 Å². The number of hydrogen-bond acceptors (Lipinski definition) is 4. The highest BCUT2D eigenvalue weighted by Crippen LogP contribution is 2.24. The molecule has 0 spiro atoms. The highest BCUT2D eigenvalue weighted by molar-refractivity contribution is 7.99. The summed E-state index contributed by atoms with van der Waals surface area (Å²) in [6.07, 6.45) is 0.972. The molecule has 1 heterocycles. The monoisotopic (exact) mass is 380 g/mol. The van der Waals surface area contributed by atoms with Gasteiger partial charge in [-0.1, -0.05) is 55.1 Å². The molecule has 1 aromatic heterocycles. The van der Waals surface area contributed by atoms with Crippen LogP contribution in [0.5, 0.6) is 0 Å². The molecular weight excluding hydrogens is 356 g/mol. The van der Waals surface area contributed by atoms with E-state index in [1.807, 2.05) is 56.3 Å². The third-order valence-electron chi connectivity index (χ3n) is 4.03. The first kappa shape index (κ1) is 19.2. The number of thioether (sulfide) groups is 1. The molecule has 0 unspecified atom stereocenters. The zero-order valence-electron chi connectivity index (χ0n) is 15.9. The minimum absolute atomic E-state index is 0.0442. The van der Waals surface area contributed by atoms with Crippen molar-refractivity contribution in [1.82, 2.24) is 14.8 Å². The molecule has 0 aliphatic heterocycles. The van der Waals surface area contributed by atoms with Crippen molar-refractivity contribution in [2.45, 2.75) is 38.9 Å². The van der Waals surface area contributed by atoms with Crippen LogP contribution in [-0.4, -0.2) is 26.4 Å². The van der Waals surface area contributed by atoms with Gasteiger partial charge in [0.2, 0.25) is 5.91 Å². The SMILES string of the molecule is CCCn1c(SCC(=O)Nc2cc(C)cc(C)c2)nnc1-c1ccccc1. The van der Waals surface area contributed by atoms with Crippen molar-refractivity contribution in [3.63, 3.8) is 0 Å². The Hall–Kier alpha value is -2.60. The van der Waals surface area contributed by atoms with E-state index in [4.69, 9.17) is 0 Å². The zero-order chi connectivity index (χ0) is 19.2. The third-order valence-corrected chi connectivity index (χ3v) is 5.00. The number of anilines is 1. The molecule has 1 N–H and O–H groups in total. The summed E-state index contributed by atoms with van der Waals surface area (Å²) < 4.78 is 2.09. The Kier molecular flexibility index (Phi) is 6.29. The average Bonchev–Trinajstić information content (AvgIpc) is 3.03. The van der Waals surface area contributed by atoms with Crippen molar-refractivity contribution in [2.24, 2.45) is 0 Å². The summed E-state index contributed by atoms with van der Waals surface area (Å²) in [5.74, 6) is 1.09. The molecule has 5 nitrogen and oxygen atoms in total. The van der Waals surface area contributed by atoms with Gasteiger partial charge in [0.1, 0.15) is 0 Å². The van der Waals surface area contributed by atoms with Crippen LogP contribution in [0, 0.1) is 13.8 Å². The second-order valence-corrected chi connectivity index (χ2v) is 7.48. The van der Waals surface area contributed by atoms with Crippen molar-refractivity contribution in [3.05, 3.63) is 59.7 Å². The maximum absolute atomic E-state index is 12.4. The van der Waals surface area contributed by atoms with Crippen LogP contribution < -0.4 is 5.32 Å². The number of hydrogen-bond donors (Lipinski definition) is 1. The normalized spacial score (nSPS) is 10.8. The van der Waals surface area contributed by atoms with E-state index in [1.54, 1.807) is 0 Å². The molecule has 140 valence electrons. The van der Waals surface area contributed by atoms with Crippen molar-refractivity contribution in [3.8, 4) is 11.4 Å². The van der Waals surface area contributed by atoms with Crippen LogP contribution >= 0.6 is 11.8 Å². The van der Waals surface area contributed by atoms with Crippen LogP contribution in [-0.2, 0) is 11.3 Å². The van der Waals surface area contributed by atoms with Gasteiger partial charge in [0.25, 0.3) is 0 Å². The van der Waals surface area contributed by atoms with Gasteiger partial charge in [-0.15, -0.1) is 10.2 Å². The van der Waals surface area contributed by atoms with Crippen LogP contribution in [0.25, 0.3) is 11.4 Å². The molecule has 1 amide bonds. The van der Waals surface area contributed by atoms with Crippen LogP contribution in [0.15, 0.2) is 53.7 Å². The van der Waals surface area contributed by atoms with E-state index < -0.39 is 0 Å². The molecule has 3 rings (SSSR count). The van der Waals surface area contributed by atoms with E-state index in [9.17, 15) is 4.79 Å². The van der Waals surface area contributed by atoms with Crippen LogP contribution in [0.3, 0.4) is 0 Å². The van der Waals surface area contributed by atoms with Crippen LogP contribution in [0.1, 0.15) is 24.5 Å². The summed E-state index contributed by atoms with van der Waals surface area (Å²) in [7, 11) is 0. The topological polar surface area (TPSA) is 59.8 Å². The second-order valence-electron chi connectivity index (χ2n) is 6.54. The highest BCUT2D eigenvalue weighted by Gasteiger charge is 2.15. The summed E-state index contributed by atoms with van der Waals surface area (Å²) >= 11 is 1.42. The minimum atomic E-state index is -0.0442. The molecule has 0 fully saturated rings. The number of amides is 1. The largest absolute Gasteiger partial charge is 0.325 e. The lowest BCUT2D eigenvalue weighted by Crippen LogP contribution is -2.15. The molecule has 0 aliphatic rings. The van der Waals surface area contributed by atoms with Crippen LogP contribution in [0.2, 0.25) is 0 Å². The summed E-state index contributed by atoms with van der Waals surface area (Å²) in [6.45, 7) is 6.99. The molecule has 0 bridgehead atoms. The lowest BCUT2D eigenvalue weighted by atomic mass is 10.1. The van der Waals surface area contributed by atoms with Gasteiger partial charge < -0.3 is 9.88 Å². The predicted octanol–water partition coefficient (Wildman–Crippen LogP) is 4.70. The summed E-state index contributed by atoms with van der Waals surface area (Å²) in [5, 5.41) is 12.4. The Morgan fingerprint density at radius 1 is 1.07 bits per heavy atom. The van der Waals surface area contributed by atoms with Crippen molar-refractivity contribution in [2.75, 3.05) is 11.1 Å². The lowest BCUT2D eigenvalue weighted by molar-refractivity contribution is -0.113.